The number of carbonyl (C=O) groups excluding carboxylic acids is 1. The number of hydrogen-bond donors (Lipinski definition) is 0. The van der Waals surface area contributed by atoms with Crippen LogP contribution in [0.5, 0.6) is 11.5 Å². The van der Waals surface area contributed by atoms with Crippen molar-refractivity contribution in [2.24, 2.45) is 0 Å². The maximum atomic E-state index is 13.4. The summed E-state index contributed by atoms with van der Waals surface area (Å²) in [6.07, 6.45) is 0.361. The van der Waals surface area contributed by atoms with E-state index in [9.17, 15) is 13.2 Å². The Labute approximate surface area is 203 Å². The molecule has 0 aliphatic rings. The molecule has 8 heteroatoms. The Morgan fingerprint density at radius 2 is 1.67 bits per heavy atom. The summed E-state index contributed by atoms with van der Waals surface area (Å²) in [5.41, 5.74) is 1.36. The average Bonchev–Trinajstić information content (AvgIpc) is 2.80. The van der Waals surface area contributed by atoms with E-state index in [0.29, 0.717) is 24.5 Å². The van der Waals surface area contributed by atoms with Gasteiger partial charge in [0.15, 0.2) is 0 Å². The molecule has 0 aliphatic heterocycles. The van der Waals surface area contributed by atoms with E-state index in [-0.39, 0.29) is 23.6 Å². The van der Waals surface area contributed by atoms with Crippen LogP contribution in [0.2, 0.25) is 0 Å². The number of aryl methyl sites for hydroxylation is 1. The predicted octanol–water partition coefficient (Wildman–Crippen LogP) is 5.74. The minimum Gasteiger partial charge on any atom is -0.494 e. The molecule has 6 nitrogen and oxygen atoms in total. The molecule has 174 valence electrons. The third-order valence-electron chi connectivity index (χ3n) is 4.77. The van der Waals surface area contributed by atoms with Crippen LogP contribution in [0.4, 0.5) is 5.69 Å². The van der Waals surface area contributed by atoms with Gasteiger partial charge in [-0.3, -0.25) is 4.79 Å². The normalized spacial score (nSPS) is 11.1. The fourth-order valence-electron chi connectivity index (χ4n) is 3.19. The van der Waals surface area contributed by atoms with E-state index in [1.54, 1.807) is 42.5 Å². The molecule has 3 rings (SSSR count). The number of ether oxygens (including phenoxy) is 2. The van der Waals surface area contributed by atoms with Crippen LogP contribution in [0.1, 0.15) is 25.3 Å². The molecular weight excluding hydrogens is 506 g/mol. The Balaban J connectivity index is 1.77. The maximum absolute atomic E-state index is 13.4. The highest BCUT2D eigenvalue weighted by Crippen LogP contribution is 2.28. The standard InChI is InChI=1S/C25H26BrNO5S/c1-3-31-21-14-12-20(13-15-21)27(33(29,30)22-8-5-4-6-9-22)25(28)10-7-17-32-24-16-11-19(2)18-23(24)26/h4-6,8-9,11-16,18H,3,7,10,17H2,1-2H3. The first-order valence-corrected chi connectivity index (χ1v) is 12.8. The Morgan fingerprint density at radius 3 is 2.30 bits per heavy atom. The van der Waals surface area contributed by atoms with E-state index in [0.717, 1.165) is 14.3 Å². The molecule has 0 atom stereocenters. The Kier molecular flexibility index (Phi) is 8.52. The zero-order valence-electron chi connectivity index (χ0n) is 18.5. The van der Waals surface area contributed by atoms with Crippen molar-refractivity contribution in [2.45, 2.75) is 31.6 Å². The van der Waals surface area contributed by atoms with E-state index in [1.807, 2.05) is 32.0 Å². The first-order valence-electron chi connectivity index (χ1n) is 10.6. The van der Waals surface area contributed by atoms with E-state index in [2.05, 4.69) is 15.9 Å². The lowest BCUT2D eigenvalue weighted by atomic mass is 10.2. The first kappa shape index (κ1) is 24.8. The highest BCUT2D eigenvalue weighted by atomic mass is 79.9. The quantitative estimate of drug-likeness (QED) is 0.312. The van der Waals surface area contributed by atoms with Crippen LogP contribution >= 0.6 is 15.9 Å². The van der Waals surface area contributed by atoms with Crippen molar-refractivity contribution in [2.75, 3.05) is 17.5 Å². The number of amides is 1. The second-order valence-corrected chi connectivity index (χ2v) is 9.93. The van der Waals surface area contributed by atoms with Crippen molar-refractivity contribution in [3.63, 3.8) is 0 Å². The molecule has 0 bridgehead atoms. The zero-order chi connectivity index (χ0) is 23.8. The molecule has 3 aromatic rings. The summed E-state index contributed by atoms with van der Waals surface area (Å²) < 4.78 is 39.6. The van der Waals surface area contributed by atoms with Gasteiger partial charge in [-0.05, 0) is 90.3 Å². The van der Waals surface area contributed by atoms with Crippen molar-refractivity contribution >= 4 is 37.5 Å². The number of carbonyl (C=O) groups is 1. The van der Waals surface area contributed by atoms with Crippen molar-refractivity contribution in [1.29, 1.82) is 0 Å². The summed E-state index contributed by atoms with van der Waals surface area (Å²) in [4.78, 5) is 13.2. The van der Waals surface area contributed by atoms with Gasteiger partial charge in [-0.1, -0.05) is 24.3 Å². The van der Waals surface area contributed by atoms with Crippen LogP contribution < -0.4 is 13.8 Å². The van der Waals surface area contributed by atoms with Gasteiger partial charge in [-0.15, -0.1) is 0 Å². The molecule has 3 aromatic carbocycles. The first-order chi connectivity index (χ1) is 15.8. The Hall–Kier alpha value is -2.84. The molecule has 0 fully saturated rings. The third-order valence-corrected chi connectivity index (χ3v) is 7.15. The van der Waals surface area contributed by atoms with Gasteiger partial charge in [0.2, 0.25) is 5.91 Å². The second-order valence-electron chi connectivity index (χ2n) is 7.29. The Morgan fingerprint density at radius 1 is 0.970 bits per heavy atom. The van der Waals surface area contributed by atoms with Gasteiger partial charge < -0.3 is 9.47 Å². The van der Waals surface area contributed by atoms with Crippen molar-refractivity contribution in [3.05, 3.63) is 82.8 Å². The number of nitrogens with zero attached hydrogens (tertiary/aromatic N) is 1. The molecule has 0 spiro atoms. The maximum Gasteiger partial charge on any atom is 0.270 e. The summed E-state index contributed by atoms with van der Waals surface area (Å²) in [6, 6.07) is 20.1. The summed E-state index contributed by atoms with van der Waals surface area (Å²) in [5, 5.41) is 0. The molecule has 0 radical (unpaired) electrons. The van der Waals surface area contributed by atoms with E-state index in [1.165, 1.54) is 12.1 Å². The van der Waals surface area contributed by atoms with Crippen LogP contribution in [-0.2, 0) is 14.8 Å². The lowest BCUT2D eigenvalue weighted by Gasteiger charge is -2.23. The fourth-order valence-corrected chi connectivity index (χ4v) is 5.27. The molecule has 1 amide bonds. The minimum absolute atomic E-state index is 0.00273. The topological polar surface area (TPSA) is 72.9 Å². The molecule has 0 aromatic heterocycles. The van der Waals surface area contributed by atoms with Crippen LogP contribution in [0.3, 0.4) is 0 Å². The monoisotopic (exact) mass is 531 g/mol. The number of rotatable bonds is 10. The smallest absolute Gasteiger partial charge is 0.270 e. The summed E-state index contributed by atoms with van der Waals surface area (Å²) in [5.74, 6) is 0.741. The van der Waals surface area contributed by atoms with Crippen molar-refractivity contribution in [3.8, 4) is 11.5 Å². The van der Waals surface area contributed by atoms with E-state index >= 15 is 0 Å². The van der Waals surface area contributed by atoms with Crippen LogP contribution in [0, 0.1) is 6.92 Å². The molecule has 0 heterocycles. The van der Waals surface area contributed by atoms with Crippen molar-refractivity contribution in [1.82, 2.24) is 0 Å². The fraction of sp³-hybridized carbons (Fsp3) is 0.240. The van der Waals surface area contributed by atoms with Crippen LogP contribution in [0.25, 0.3) is 0 Å². The lowest BCUT2D eigenvalue weighted by Crippen LogP contribution is -2.37. The van der Waals surface area contributed by atoms with Crippen LogP contribution in [0.15, 0.2) is 82.2 Å². The molecule has 0 N–H and O–H groups in total. The summed E-state index contributed by atoms with van der Waals surface area (Å²) in [7, 11) is -4.08. The summed E-state index contributed by atoms with van der Waals surface area (Å²) in [6.45, 7) is 4.61. The SMILES string of the molecule is CCOc1ccc(N(C(=O)CCCOc2ccc(C)cc2Br)S(=O)(=O)c2ccccc2)cc1. The van der Waals surface area contributed by atoms with E-state index in [4.69, 9.17) is 9.47 Å². The number of anilines is 1. The largest absolute Gasteiger partial charge is 0.494 e. The van der Waals surface area contributed by atoms with Gasteiger partial charge in [-0.2, -0.15) is 0 Å². The van der Waals surface area contributed by atoms with Gasteiger partial charge >= 0.3 is 0 Å². The summed E-state index contributed by atoms with van der Waals surface area (Å²) >= 11 is 3.46. The molecule has 0 saturated heterocycles. The number of halogens is 1. The second kappa shape index (κ2) is 11.3. The molecular formula is C25H26BrNO5S. The molecule has 0 saturated carbocycles. The number of benzene rings is 3. The predicted molar refractivity (Wildman–Crippen MR) is 132 cm³/mol. The zero-order valence-corrected chi connectivity index (χ0v) is 20.9. The Bertz CT molecular complexity index is 1180. The molecule has 0 aliphatic carbocycles. The molecule has 33 heavy (non-hydrogen) atoms. The van der Waals surface area contributed by atoms with Gasteiger partial charge in [0, 0.05) is 6.42 Å². The molecule has 0 unspecified atom stereocenters. The van der Waals surface area contributed by atoms with E-state index < -0.39 is 15.9 Å². The van der Waals surface area contributed by atoms with Crippen LogP contribution in [-0.4, -0.2) is 27.5 Å². The third kappa shape index (κ3) is 6.36. The number of sulfonamides is 1. The highest BCUT2D eigenvalue weighted by Gasteiger charge is 2.30. The highest BCUT2D eigenvalue weighted by molar-refractivity contribution is 9.10. The minimum atomic E-state index is -4.08. The van der Waals surface area contributed by atoms with Gasteiger partial charge in [0.1, 0.15) is 11.5 Å². The number of hydrogen-bond acceptors (Lipinski definition) is 5. The lowest BCUT2D eigenvalue weighted by molar-refractivity contribution is -0.117. The van der Waals surface area contributed by atoms with Gasteiger partial charge in [0.05, 0.1) is 28.3 Å². The van der Waals surface area contributed by atoms with Crippen molar-refractivity contribution < 1.29 is 22.7 Å². The average molecular weight is 532 g/mol. The van der Waals surface area contributed by atoms with Gasteiger partial charge in [-0.25, -0.2) is 12.7 Å². The van der Waals surface area contributed by atoms with Gasteiger partial charge in [0.25, 0.3) is 10.0 Å².